The van der Waals surface area contributed by atoms with Gasteiger partial charge in [0, 0.05) is 18.7 Å². The van der Waals surface area contributed by atoms with Gasteiger partial charge in [0.05, 0.1) is 11.5 Å². The second kappa shape index (κ2) is 8.91. The van der Waals surface area contributed by atoms with Crippen LogP contribution in [0.25, 0.3) is 0 Å². The average molecular weight is 341 g/mol. The molecule has 0 radical (unpaired) electrons. The highest BCUT2D eigenvalue weighted by Gasteiger charge is 2.13. The van der Waals surface area contributed by atoms with Gasteiger partial charge in [0.25, 0.3) is 0 Å². The van der Waals surface area contributed by atoms with Gasteiger partial charge in [0.1, 0.15) is 5.75 Å². The summed E-state index contributed by atoms with van der Waals surface area (Å²) in [7, 11) is -3.19. The molecular formula is C17H27NO4S. The summed E-state index contributed by atoms with van der Waals surface area (Å²) < 4.78 is 28.2. The van der Waals surface area contributed by atoms with Gasteiger partial charge in [-0.1, -0.05) is 20.8 Å². The van der Waals surface area contributed by atoms with E-state index in [4.69, 9.17) is 4.74 Å². The maximum Gasteiger partial charge on any atom is 0.220 e. The Labute approximate surface area is 139 Å². The van der Waals surface area contributed by atoms with E-state index in [-0.39, 0.29) is 16.8 Å². The smallest absolute Gasteiger partial charge is 0.220 e. The van der Waals surface area contributed by atoms with E-state index in [2.05, 4.69) is 26.1 Å². The molecule has 0 saturated carbocycles. The maximum absolute atomic E-state index is 11.8. The molecule has 130 valence electrons. The molecule has 1 amide bonds. The van der Waals surface area contributed by atoms with E-state index >= 15 is 0 Å². The molecule has 5 nitrogen and oxygen atoms in total. The number of hydrogen-bond acceptors (Lipinski definition) is 4. The lowest BCUT2D eigenvalue weighted by atomic mass is 10.0. The second-order valence-electron chi connectivity index (χ2n) is 6.02. The third-order valence-corrected chi connectivity index (χ3v) is 4.79. The van der Waals surface area contributed by atoms with E-state index in [9.17, 15) is 13.2 Å². The predicted octanol–water partition coefficient (Wildman–Crippen LogP) is 2.80. The third kappa shape index (κ3) is 7.03. The van der Waals surface area contributed by atoms with Crippen LogP contribution in [0.15, 0.2) is 29.2 Å². The summed E-state index contributed by atoms with van der Waals surface area (Å²) in [4.78, 5) is 12.1. The summed E-state index contributed by atoms with van der Waals surface area (Å²) in [5, 5.41) is 3.03. The van der Waals surface area contributed by atoms with Crippen LogP contribution >= 0.6 is 0 Å². The Hall–Kier alpha value is -1.56. The number of rotatable bonds is 9. The van der Waals surface area contributed by atoms with Crippen LogP contribution in [0.4, 0.5) is 0 Å². The van der Waals surface area contributed by atoms with Crippen molar-refractivity contribution >= 4 is 15.7 Å². The molecule has 0 unspecified atom stereocenters. The Bertz CT molecular complexity index is 594. The van der Waals surface area contributed by atoms with Crippen LogP contribution in [-0.2, 0) is 14.6 Å². The Morgan fingerprint density at radius 2 is 1.83 bits per heavy atom. The van der Waals surface area contributed by atoms with E-state index in [0.29, 0.717) is 31.1 Å². The topological polar surface area (TPSA) is 72.5 Å². The number of carbonyl (C=O) groups is 1. The molecule has 6 heteroatoms. The van der Waals surface area contributed by atoms with Crippen molar-refractivity contribution in [1.29, 1.82) is 0 Å². The van der Waals surface area contributed by atoms with Gasteiger partial charge in [-0.25, -0.2) is 8.42 Å². The van der Waals surface area contributed by atoms with Gasteiger partial charge in [-0.3, -0.25) is 4.79 Å². The summed E-state index contributed by atoms with van der Waals surface area (Å²) in [6.45, 7) is 6.67. The first-order chi connectivity index (χ1) is 10.7. The van der Waals surface area contributed by atoms with E-state index in [0.717, 1.165) is 6.42 Å². The number of sulfone groups is 1. The number of hydrogen-bond donors (Lipinski definition) is 1. The van der Waals surface area contributed by atoms with Crippen molar-refractivity contribution < 1.29 is 17.9 Å². The molecule has 0 aromatic heterocycles. The van der Waals surface area contributed by atoms with E-state index in [1.807, 2.05) is 0 Å². The molecule has 0 spiro atoms. The monoisotopic (exact) mass is 341 g/mol. The van der Waals surface area contributed by atoms with Gasteiger partial charge in [-0.05, 0) is 43.0 Å². The zero-order valence-electron chi connectivity index (χ0n) is 14.3. The first kappa shape index (κ1) is 19.5. The van der Waals surface area contributed by atoms with Gasteiger partial charge in [0.2, 0.25) is 5.91 Å². The van der Waals surface area contributed by atoms with E-state index in [1.165, 1.54) is 18.4 Å². The lowest BCUT2D eigenvalue weighted by molar-refractivity contribution is -0.122. The zero-order chi connectivity index (χ0) is 17.5. The molecule has 0 aliphatic heterocycles. The van der Waals surface area contributed by atoms with Crippen molar-refractivity contribution in [2.24, 2.45) is 5.92 Å². The summed E-state index contributed by atoms with van der Waals surface area (Å²) in [6.07, 6.45) is 3.13. The van der Waals surface area contributed by atoms with E-state index < -0.39 is 9.84 Å². The molecule has 1 aromatic rings. The highest BCUT2D eigenvalue weighted by atomic mass is 32.2. The Kier molecular flexibility index (Phi) is 7.55. The van der Waals surface area contributed by atoms with Crippen molar-refractivity contribution in [3.63, 3.8) is 0 Å². The number of ether oxygens (including phenoxy) is 1. The highest BCUT2D eigenvalue weighted by molar-refractivity contribution is 7.90. The fraction of sp³-hybridized carbons (Fsp3) is 0.588. The van der Waals surface area contributed by atoms with Crippen LogP contribution in [0.2, 0.25) is 0 Å². The minimum absolute atomic E-state index is 0.0431. The Morgan fingerprint density at radius 3 is 2.30 bits per heavy atom. The first-order valence-corrected chi connectivity index (χ1v) is 9.85. The van der Waals surface area contributed by atoms with Gasteiger partial charge >= 0.3 is 0 Å². The lowest BCUT2D eigenvalue weighted by Gasteiger charge is -2.20. The lowest BCUT2D eigenvalue weighted by Crippen LogP contribution is -2.38. The quantitative estimate of drug-likeness (QED) is 0.701. The normalized spacial score (nSPS) is 12.9. The van der Waals surface area contributed by atoms with Crippen LogP contribution in [0.5, 0.6) is 5.75 Å². The second-order valence-corrected chi connectivity index (χ2v) is 8.04. The van der Waals surface area contributed by atoms with Crippen molar-refractivity contribution in [3.05, 3.63) is 24.3 Å². The number of amides is 1. The SMILES string of the molecule is CC[C@H](NC(=O)CCCOc1ccc(S(C)(=O)=O)cc1)C(C)C. The van der Waals surface area contributed by atoms with Gasteiger partial charge in [-0.15, -0.1) is 0 Å². The largest absolute Gasteiger partial charge is 0.494 e. The van der Waals surface area contributed by atoms with Crippen molar-refractivity contribution in [3.8, 4) is 5.75 Å². The Morgan fingerprint density at radius 1 is 1.22 bits per heavy atom. The standard InChI is InChI=1S/C17H27NO4S/c1-5-16(13(2)3)18-17(19)7-6-12-22-14-8-10-15(11-9-14)23(4,20)21/h8-11,13,16H,5-7,12H2,1-4H3,(H,18,19)/t16-/m0/s1. The van der Waals surface area contributed by atoms with Crippen LogP contribution in [0.1, 0.15) is 40.0 Å². The Balaban J connectivity index is 2.33. The average Bonchev–Trinajstić information content (AvgIpc) is 2.48. The van der Waals surface area contributed by atoms with Gasteiger partial charge in [0.15, 0.2) is 9.84 Å². The van der Waals surface area contributed by atoms with Crippen LogP contribution < -0.4 is 10.1 Å². The van der Waals surface area contributed by atoms with Crippen LogP contribution in [-0.4, -0.2) is 33.2 Å². The highest BCUT2D eigenvalue weighted by Crippen LogP contribution is 2.16. The number of benzene rings is 1. The third-order valence-electron chi connectivity index (χ3n) is 3.66. The molecule has 23 heavy (non-hydrogen) atoms. The summed E-state index contributed by atoms with van der Waals surface area (Å²) in [6, 6.07) is 6.51. The molecule has 0 saturated heterocycles. The number of nitrogens with one attached hydrogen (secondary N) is 1. The first-order valence-electron chi connectivity index (χ1n) is 7.96. The molecule has 1 aromatic carbocycles. The summed E-state index contributed by atoms with van der Waals surface area (Å²) >= 11 is 0. The van der Waals surface area contributed by atoms with Gasteiger partial charge in [-0.2, -0.15) is 0 Å². The molecular weight excluding hydrogens is 314 g/mol. The predicted molar refractivity (Wildman–Crippen MR) is 91.3 cm³/mol. The maximum atomic E-state index is 11.8. The molecule has 1 atom stereocenters. The van der Waals surface area contributed by atoms with Crippen molar-refractivity contribution in [2.75, 3.05) is 12.9 Å². The molecule has 1 rings (SSSR count). The fourth-order valence-corrected chi connectivity index (χ4v) is 2.86. The number of carbonyl (C=O) groups excluding carboxylic acids is 1. The molecule has 0 aliphatic carbocycles. The van der Waals surface area contributed by atoms with Crippen molar-refractivity contribution in [1.82, 2.24) is 5.32 Å². The minimum Gasteiger partial charge on any atom is -0.494 e. The molecule has 0 aliphatic rings. The van der Waals surface area contributed by atoms with Gasteiger partial charge < -0.3 is 10.1 Å². The van der Waals surface area contributed by atoms with Crippen molar-refractivity contribution in [2.45, 2.75) is 51.0 Å². The van der Waals surface area contributed by atoms with Crippen LogP contribution in [0.3, 0.4) is 0 Å². The molecule has 0 fully saturated rings. The molecule has 0 bridgehead atoms. The summed E-state index contributed by atoms with van der Waals surface area (Å²) in [5.41, 5.74) is 0. The molecule has 1 N–H and O–H groups in total. The molecule has 0 heterocycles. The summed E-state index contributed by atoms with van der Waals surface area (Å²) in [5.74, 6) is 1.07. The minimum atomic E-state index is -3.19. The van der Waals surface area contributed by atoms with Crippen LogP contribution in [0, 0.1) is 5.92 Å². The zero-order valence-corrected chi connectivity index (χ0v) is 15.2. The fourth-order valence-electron chi connectivity index (χ4n) is 2.22. The van der Waals surface area contributed by atoms with E-state index in [1.54, 1.807) is 12.1 Å².